The van der Waals surface area contributed by atoms with Crippen LogP contribution in [0.15, 0.2) is 18.2 Å². The number of methoxy groups -OCH3 is 1. The van der Waals surface area contributed by atoms with Gasteiger partial charge in [-0.2, -0.15) is 0 Å². The van der Waals surface area contributed by atoms with Crippen LogP contribution in [-0.2, 0) is 21.3 Å². The molecule has 0 saturated heterocycles. The van der Waals surface area contributed by atoms with Crippen LogP contribution in [0.25, 0.3) is 0 Å². The monoisotopic (exact) mass is 290 g/mol. The lowest BCUT2D eigenvalue weighted by atomic mass is 10.2. The van der Waals surface area contributed by atoms with Gasteiger partial charge < -0.3 is 9.84 Å². The summed E-state index contributed by atoms with van der Waals surface area (Å²) in [6, 6.07) is 4.99. The molecule has 100 valence electrons. The van der Waals surface area contributed by atoms with E-state index in [1.807, 2.05) is 0 Å². The van der Waals surface area contributed by atoms with Crippen LogP contribution >= 0.6 is 11.6 Å². The molecule has 4 nitrogen and oxygen atoms in total. The van der Waals surface area contributed by atoms with Crippen LogP contribution in [-0.4, -0.2) is 27.6 Å². The van der Waals surface area contributed by atoms with Gasteiger partial charge in [0.1, 0.15) is 11.0 Å². The Balaban J connectivity index is 2.93. The molecule has 0 radical (unpaired) electrons. The maximum absolute atomic E-state index is 12.0. The quantitative estimate of drug-likeness (QED) is 0.874. The average Bonchev–Trinajstić information content (AvgIpc) is 2.29. The smallest absolute Gasteiger partial charge is 0.319 e. The number of carbonyl (C=O) groups is 1. The summed E-state index contributed by atoms with van der Waals surface area (Å²) in [6.45, 7) is 1.70. The number of carboxylic acid groups (broad SMARTS) is 1. The first-order chi connectivity index (χ1) is 8.49. The number of rotatable bonds is 6. The van der Waals surface area contributed by atoms with E-state index in [9.17, 15) is 9.00 Å². The summed E-state index contributed by atoms with van der Waals surface area (Å²) in [7, 11) is 0.00687. The van der Waals surface area contributed by atoms with Crippen LogP contribution in [0.3, 0.4) is 0 Å². The molecule has 0 fully saturated rings. The third kappa shape index (κ3) is 3.71. The SMILES string of the molecule is CCC(C(=O)O)S(=O)Cc1cc(Cl)ccc1OC. The Morgan fingerprint density at radius 2 is 2.22 bits per heavy atom. The van der Waals surface area contributed by atoms with Crippen molar-refractivity contribution in [1.82, 2.24) is 0 Å². The Kier molecular flexibility index (Phi) is 5.62. The molecular weight excluding hydrogens is 276 g/mol. The Labute approximate surface area is 113 Å². The van der Waals surface area contributed by atoms with E-state index in [1.54, 1.807) is 25.1 Å². The second-order valence-corrected chi connectivity index (χ2v) is 5.77. The molecule has 0 bridgehead atoms. The number of aliphatic carboxylic acids is 1. The predicted molar refractivity (Wildman–Crippen MR) is 71.6 cm³/mol. The molecule has 0 aliphatic carbocycles. The van der Waals surface area contributed by atoms with Gasteiger partial charge in [-0.1, -0.05) is 18.5 Å². The van der Waals surface area contributed by atoms with Gasteiger partial charge in [0.05, 0.1) is 12.9 Å². The van der Waals surface area contributed by atoms with E-state index in [0.29, 0.717) is 22.8 Å². The molecule has 0 spiro atoms. The van der Waals surface area contributed by atoms with Crippen LogP contribution in [0.1, 0.15) is 18.9 Å². The highest BCUT2D eigenvalue weighted by atomic mass is 35.5. The number of ether oxygens (including phenoxy) is 1. The molecule has 0 aromatic heterocycles. The molecule has 2 unspecified atom stereocenters. The first-order valence-corrected chi connectivity index (χ1v) is 7.18. The number of hydrogen-bond acceptors (Lipinski definition) is 3. The highest BCUT2D eigenvalue weighted by molar-refractivity contribution is 7.85. The number of carboxylic acids is 1. The number of benzene rings is 1. The zero-order chi connectivity index (χ0) is 13.7. The lowest BCUT2D eigenvalue weighted by Crippen LogP contribution is -2.25. The summed E-state index contributed by atoms with van der Waals surface area (Å²) in [6.07, 6.45) is 0.324. The van der Waals surface area contributed by atoms with Crippen molar-refractivity contribution < 1.29 is 18.8 Å². The molecule has 1 N–H and O–H groups in total. The van der Waals surface area contributed by atoms with E-state index in [2.05, 4.69) is 0 Å². The largest absolute Gasteiger partial charge is 0.496 e. The van der Waals surface area contributed by atoms with Crippen molar-refractivity contribution in [2.45, 2.75) is 24.3 Å². The van der Waals surface area contributed by atoms with Crippen molar-refractivity contribution in [3.63, 3.8) is 0 Å². The van der Waals surface area contributed by atoms with Gasteiger partial charge in [0.15, 0.2) is 0 Å². The van der Waals surface area contributed by atoms with Crippen LogP contribution in [0.4, 0.5) is 0 Å². The van der Waals surface area contributed by atoms with Crippen molar-refractivity contribution >= 4 is 28.4 Å². The zero-order valence-electron chi connectivity index (χ0n) is 10.2. The van der Waals surface area contributed by atoms with E-state index in [0.717, 1.165) is 0 Å². The molecule has 0 aliphatic heterocycles. The second-order valence-electron chi connectivity index (χ2n) is 3.72. The molecule has 2 atom stereocenters. The van der Waals surface area contributed by atoms with Crippen LogP contribution in [0.2, 0.25) is 5.02 Å². The van der Waals surface area contributed by atoms with Gasteiger partial charge >= 0.3 is 5.97 Å². The highest BCUT2D eigenvalue weighted by Crippen LogP contribution is 2.25. The molecule has 6 heteroatoms. The van der Waals surface area contributed by atoms with Gasteiger partial charge in [-0.25, -0.2) is 0 Å². The second kappa shape index (κ2) is 6.75. The first-order valence-electron chi connectivity index (χ1n) is 5.42. The predicted octanol–water partition coefficient (Wildman–Crippen LogP) is 2.46. The van der Waals surface area contributed by atoms with E-state index >= 15 is 0 Å². The van der Waals surface area contributed by atoms with Crippen molar-refractivity contribution in [2.75, 3.05) is 7.11 Å². The van der Waals surface area contributed by atoms with Gasteiger partial charge in [0.2, 0.25) is 0 Å². The summed E-state index contributed by atoms with van der Waals surface area (Å²) in [5.41, 5.74) is 0.656. The first kappa shape index (κ1) is 15.0. The fourth-order valence-electron chi connectivity index (χ4n) is 1.59. The van der Waals surface area contributed by atoms with Gasteiger partial charge in [0, 0.05) is 21.4 Å². The molecular formula is C12H15ClO4S. The minimum atomic E-state index is -1.50. The summed E-state index contributed by atoms with van der Waals surface area (Å²) in [4.78, 5) is 10.9. The number of halogens is 1. The third-order valence-electron chi connectivity index (χ3n) is 2.50. The molecule has 0 amide bonds. The third-order valence-corrected chi connectivity index (χ3v) is 4.50. The van der Waals surface area contributed by atoms with E-state index < -0.39 is 22.0 Å². The molecule has 0 heterocycles. The Bertz CT molecular complexity index is 461. The van der Waals surface area contributed by atoms with Crippen LogP contribution in [0, 0.1) is 0 Å². The Morgan fingerprint density at radius 3 is 2.72 bits per heavy atom. The molecule has 1 aromatic rings. The molecule has 18 heavy (non-hydrogen) atoms. The lowest BCUT2D eigenvalue weighted by Gasteiger charge is -2.12. The molecule has 1 aromatic carbocycles. The van der Waals surface area contributed by atoms with Crippen LogP contribution in [0.5, 0.6) is 5.75 Å². The highest BCUT2D eigenvalue weighted by Gasteiger charge is 2.23. The van der Waals surface area contributed by atoms with Crippen molar-refractivity contribution in [3.05, 3.63) is 28.8 Å². The van der Waals surface area contributed by atoms with Gasteiger partial charge in [-0.05, 0) is 24.6 Å². The van der Waals surface area contributed by atoms with E-state index in [4.69, 9.17) is 21.4 Å². The van der Waals surface area contributed by atoms with Crippen molar-refractivity contribution in [2.24, 2.45) is 0 Å². The van der Waals surface area contributed by atoms with Gasteiger partial charge in [0.25, 0.3) is 0 Å². The molecule has 1 rings (SSSR count). The molecule has 0 saturated carbocycles. The van der Waals surface area contributed by atoms with Gasteiger partial charge in [-0.15, -0.1) is 0 Å². The van der Waals surface area contributed by atoms with E-state index in [1.165, 1.54) is 7.11 Å². The Morgan fingerprint density at radius 1 is 1.56 bits per heavy atom. The fourth-order valence-corrected chi connectivity index (χ4v) is 3.11. The Hall–Kier alpha value is -1.07. The van der Waals surface area contributed by atoms with Crippen molar-refractivity contribution in [1.29, 1.82) is 0 Å². The van der Waals surface area contributed by atoms with E-state index in [-0.39, 0.29) is 5.75 Å². The van der Waals surface area contributed by atoms with Gasteiger partial charge in [-0.3, -0.25) is 9.00 Å². The lowest BCUT2D eigenvalue weighted by molar-refractivity contribution is -0.136. The van der Waals surface area contributed by atoms with Crippen molar-refractivity contribution in [3.8, 4) is 5.75 Å². The maximum Gasteiger partial charge on any atom is 0.319 e. The number of hydrogen-bond donors (Lipinski definition) is 1. The fraction of sp³-hybridized carbons (Fsp3) is 0.417. The summed E-state index contributed by atoms with van der Waals surface area (Å²) < 4.78 is 17.1. The molecule has 0 aliphatic rings. The summed E-state index contributed by atoms with van der Waals surface area (Å²) in [5.74, 6) is -0.362. The minimum Gasteiger partial charge on any atom is -0.496 e. The maximum atomic E-state index is 12.0. The van der Waals surface area contributed by atoms with Crippen LogP contribution < -0.4 is 4.74 Å². The standard InChI is InChI=1S/C12H15ClO4S/c1-3-11(12(14)15)18(16)7-8-6-9(13)4-5-10(8)17-2/h4-6,11H,3,7H2,1-2H3,(H,14,15). The average molecular weight is 291 g/mol. The summed E-state index contributed by atoms with van der Waals surface area (Å²) in [5, 5.41) is 8.59. The normalized spacial score (nSPS) is 13.9. The topological polar surface area (TPSA) is 63.6 Å². The summed E-state index contributed by atoms with van der Waals surface area (Å²) >= 11 is 5.86. The minimum absolute atomic E-state index is 0.120. The zero-order valence-corrected chi connectivity index (χ0v) is 11.8.